The number of anilines is 2. The molecule has 0 aliphatic rings. The van der Waals surface area contributed by atoms with E-state index in [-0.39, 0.29) is 5.91 Å². The van der Waals surface area contributed by atoms with E-state index in [1.165, 1.54) is 6.08 Å². The van der Waals surface area contributed by atoms with E-state index in [0.717, 1.165) is 17.9 Å². The lowest BCUT2D eigenvalue weighted by Crippen LogP contribution is -2.27. The van der Waals surface area contributed by atoms with E-state index in [9.17, 15) is 4.79 Å². The molecule has 3 N–H and O–H groups in total. The summed E-state index contributed by atoms with van der Waals surface area (Å²) in [7, 11) is 4.64. The van der Waals surface area contributed by atoms with E-state index in [1.54, 1.807) is 39.5 Å². The lowest BCUT2D eigenvalue weighted by molar-refractivity contribution is -0.116. The van der Waals surface area contributed by atoms with Crippen LogP contribution in [0.1, 0.15) is 18.3 Å². The number of benzene rings is 1. The maximum atomic E-state index is 12.1. The summed E-state index contributed by atoms with van der Waals surface area (Å²) in [6, 6.07) is 5.38. The Morgan fingerprint density at radius 1 is 0.967 bits per heavy atom. The van der Waals surface area contributed by atoms with Gasteiger partial charge < -0.3 is 30.2 Å². The number of methoxy groups -OCH3 is 3. The van der Waals surface area contributed by atoms with Crippen molar-refractivity contribution in [3.63, 3.8) is 0 Å². The fourth-order valence-corrected chi connectivity index (χ4v) is 2.73. The Morgan fingerprint density at radius 2 is 1.60 bits per heavy atom. The van der Waals surface area contributed by atoms with Crippen molar-refractivity contribution in [1.82, 2.24) is 15.3 Å². The number of amides is 1. The zero-order chi connectivity index (χ0) is 21.9. The third kappa shape index (κ3) is 6.54. The van der Waals surface area contributed by atoms with Gasteiger partial charge in [-0.3, -0.25) is 4.79 Å². The third-order valence-corrected chi connectivity index (χ3v) is 4.04. The molecule has 0 bridgehead atoms. The third-order valence-electron chi connectivity index (χ3n) is 4.04. The number of hydrogen-bond donors (Lipinski definition) is 3. The van der Waals surface area contributed by atoms with Crippen LogP contribution < -0.4 is 30.2 Å². The van der Waals surface area contributed by atoms with Crippen LogP contribution in [0.15, 0.2) is 24.3 Å². The van der Waals surface area contributed by atoms with E-state index in [0.29, 0.717) is 42.0 Å². The molecule has 30 heavy (non-hydrogen) atoms. The lowest BCUT2D eigenvalue weighted by atomic mass is 10.1. The number of rotatable bonds is 11. The summed E-state index contributed by atoms with van der Waals surface area (Å²) in [4.78, 5) is 20.7. The van der Waals surface area contributed by atoms with E-state index in [1.807, 2.05) is 19.9 Å². The van der Waals surface area contributed by atoms with Gasteiger partial charge >= 0.3 is 0 Å². The molecule has 9 heteroatoms. The van der Waals surface area contributed by atoms with Gasteiger partial charge in [-0.1, -0.05) is 0 Å². The number of hydrogen-bond acceptors (Lipinski definition) is 8. The first kappa shape index (κ1) is 22.8. The molecule has 2 aromatic rings. The molecule has 0 unspecified atom stereocenters. The van der Waals surface area contributed by atoms with Crippen LogP contribution in [-0.4, -0.2) is 56.8 Å². The molecule has 1 heterocycles. The highest BCUT2D eigenvalue weighted by Crippen LogP contribution is 2.38. The van der Waals surface area contributed by atoms with Crippen LogP contribution in [0.2, 0.25) is 0 Å². The molecule has 1 aromatic heterocycles. The molecule has 1 aromatic carbocycles. The minimum Gasteiger partial charge on any atom is -0.493 e. The normalized spacial score (nSPS) is 10.6. The lowest BCUT2D eigenvalue weighted by Gasteiger charge is -2.12. The predicted octanol–water partition coefficient (Wildman–Crippen LogP) is 2.48. The van der Waals surface area contributed by atoms with Gasteiger partial charge in [-0.2, -0.15) is 0 Å². The van der Waals surface area contributed by atoms with Crippen molar-refractivity contribution in [1.29, 1.82) is 0 Å². The molecular weight excluding hydrogens is 386 g/mol. The Hall–Kier alpha value is -3.49. The zero-order valence-electron chi connectivity index (χ0n) is 18.0. The highest BCUT2D eigenvalue weighted by molar-refractivity contribution is 5.91. The number of carbonyl (C=O) groups excluding carboxylic acids is 1. The predicted molar refractivity (Wildman–Crippen MR) is 118 cm³/mol. The van der Waals surface area contributed by atoms with Crippen LogP contribution in [-0.2, 0) is 4.79 Å². The Bertz CT molecular complexity index is 861. The Morgan fingerprint density at radius 3 is 2.17 bits per heavy atom. The summed E-state index contributed by atoms with van der Waals surface area (Å²) in [6.45, 7) is 5.60. The van der Waals surface area contributed by atoms with Crippen LogP contribution in [0, 0.1) is 6.92 Å². The molecule has 162 valence electrons. The fraction of sp³-hybridized carbons (Fsp3) is 0.381. The highest BCUT2D eigenvalue weighted by Gasteiger charge is 2.12. The Kier molecular flexibility index (Phi) is 8.74. The molecule has 0 radical (unpaired) electrons. The van der Waals surface area contributed by atoms with Gasteiger partial charge in [0.05, 0.1) is 21.3 Å². The second-order valence-electron chi connectivity index (χ2n) is 6.23. The average Bonchev–Trinajstić information content (AvgIpc) is 2.74. The van der Waals surface area contributed by atoms with Crippen molar-refractivity contribution in [3.8, 4) is 17.2 Å². The van der Waals surface area contributed by atoms with Gasteiger partial charge in [0.25, 0.3) is 0 Å². The topological polar surface area (TPSA) is 107 Å². The van der Waals surface area contributed by atoms with E-state index >= 15 is 0 Å². The van der Waals surface area contributed by atoms with Gasteiger partial charge in [-0.15, -0.1) is 0 Å². The second kappa shape index (κ2) is 11.5. The van der Waals surface area contributed by atoms with Crippen LogP contribution in [0.5, 0.6) is 17.2 Å². The molecule has 9 nitrogen and oxygen atoms in total. The summed E-state index contributed by atoms with van der Waals surface area (Å²) in [5.41, 5.74) is 0.755. The number of aromatic nitrogens is 2. The smallest absolute Gasteiger partial charge is 0.244 e. The van der Waals surface area contributed by atoms with Crippen LogP contribution >= 0.6 is 0 Å². The summed E-state index contributed by atoms with van der Waals surface area (Å²) in [6.07, 6.45) is 3.14. The van der Waals surface area contributed by atoms with Gasteiger partial charge in [0.2, 0.25) is 11.7 Å². The first-order chi connectivity index (χ1) is 14.5. The van der Waals surface area contributed by atoms with Gasteiger partial charge in [-0.05, 0) is 37.6 Å². The van der Waals surface area contributed by atoms with Crippen LogP contribution in [0.25, 0.3) is 6.08 Å². The Labute approximate surface area is 176 Å². The summed E-state index contributed by atoms with van der Waals surface area (Å²) < 4.78 is 15.9. The molecule has 0 spiro atoms. The first-order valence-corrected chi connectivity index (χ1v) is 9.60. The minimum atomic E-state index is -0.210. The van der Waals surface area contributed by atoms with Crippen LogP contribution in [0.4, 0.5) is 11.6 Å². The van der Waals surface area contributed by atoms with Crippen molar-refractivity contribution in [2.45, 2.75) is 13.8 Å². The highest BCUT2D eigenvalue weighted by atomic mass is 16.5. The molecule has 2 rings (SSSR count). The van der Waals surface area contributed by atoms with E-state index in [2.05, 4.69) is 25.9 Å². The van der Waals surface area contributed by atoms with Gasteiger partial charge in [0, 0.05) is 31.8 Å². The van der Waals surface area contributed by atoms with Crippen molar-refractivity contribution in [2.75, 3.05) is 51.6 Å². The molecule has 0 saturated carbocycles. The quantitative estimate of drug-likeness (QED) is 0.380. The maximum absolute atomic E-state index is 12.1. The molecule has 0 aliphatic heterocycles. The SMILES string of the molecule is CCNc1cc(NCCNC(=O)/C=C/c2cc(OC)c(OC)c(OC)c2)nc(C)n1. The Balaban J connectivity index is 1.88. The van der Waals surface area contributed by atoms with Gasteiger partial charge in [0.15, 0.2) is 11.5 Å². The van der Waals surface area contributed by atoms with Crippen molar-refractivity contribution in [2.24, 2.45) is 0 Å². The van der Waals surface area contributed by atoms with Crippen LogP contribution in [0.3, 0.4) is 0 Å². The molecule has 0 saturated heterocycles. The monoisotopic (exact) mass is 415 g/mol. The van der Waals surface area contributed by atoms with Gasteiger partial charge in [-0.25, -0.2) is 9.97 Å². The van der Waals surface area contributed by atoms with Crippen molar-refractivity contribution in [3.05, 3.63) is 35.7 Å². The molecule has 0 fully saturated rings. The zero-order valence-corrected chi connectivity index (χ0v) is 18.0. The largest absolute Gasteiger partial charge is 0.493 e. The molecule has 0 atom stereocenters. The number of carbonyl (C=O) groups is 1. The minimum absolute atomic E-state index is 0.210. The van der Waals surface area contributed by atoms with E-state index in [4.69, 9.17) is 14.2 Å². The van der Waals surface area contributed by atoms with Gasteiger partial charge in [0.1, 0.15) is 17.5 Å². The van der Waals surface area contributed by atoms with Crippen molar-refractivity contribution < 1.29 is 19.0 Å². The number of nitrogens with zero attached hydrogens (tertiary/aromatic N) is 2. The van der Waals surface area contributed by atoms with E-state index < -0.39 is 0 Å². The number of ether oxygens (including phenoxy) is 3. The summed E-state index contributed by atoms with van der Waals surface area (Å²) >= 11 is 0. The maximum Gasteiger partial charge on any atom is 0.244 e. The number of nitrogens with one attached hydrogen (secondary N) is 3. The second-order valence-corrected chi connectivity index (χ2v) is 6.23. The fourth-order valence-electron chi connectivity index (χ4n) is 2.73. The molecule has 1 amide bonds. The first-order valence-electron chi connectivity index (χ1n) is 9.60. The summed E-state index contributed by atoms with van der Waals surface area (Å²) in [5, 5.41) is 9.16. The molecule has 0 aliphatic carbocycles. The summed E-state index contributed by atoms with van der Waals surface area (Å²) in [5.74, 6) is 3.50. The number of aryl methyl sites for hydroxylation is 1. The standard InChI is InChI=1S/C21H29N5O4/c1-6-22-18-13-19(26-14(2)25-18)23-9-10-24-20(27)8-7-15-11-16(28-3)21(30-5)17(12-15)29-4/h7-8,11-13H,6,9-10H2,1-5H3,(H,24,27)(H2,22,23,25,26)/b8-7+. The van der Waals surface area contributed by atoms with Crippen molar-refractivity contribution >= 4 is 23.6 Å². The molecular formula is C21H29N5O4. The average molecular weight is 415 g/mol.